The Morgan fingerprint density at radius 3 is 2.17 bits per heavy atom. The predicted octanol–water partition coefficient (Wildman–Crippen LogP) is 1.33. The molecule has 1 saturated heterocycles. The van der Waals surface area contributed by atoms with Gasteiger partial charge in [0.1, 0.15) is 0 Å². The van der Waals surface area contributed by atoms with Crippen LogP contribution in [-0.4, -0.2) is 55.6 Å². The molecule has 0 aromatic carbocycles. The lowest BCUT2D eigenvalue weighted by molar-refractivity contribution is -0.279. The summed E-state index contributed by atoms with van der Waals surface area (Å²) in [6, 6.07) is 0. The predicted molar refractivity (Wildman–Crippen MR) is 66.3 cm³/mol. The van der Waals surface area contributed by atoms with Gasteiger partial charge in [0.05, 0.1) is 18.5 Å². The van der Waals surface area contributed by atoms with E-state index in [1.807, 2.05) is 0 Å². The molecule has 1 heterocycles. The zero-order valence-electron chi connectivity index (χ0n) is 11.3. The van der Waals surface area contributed by atoms with E-state index in [9.17, 15) is 9.90 Å². The lowest BCUT2D eigenvalue weighted by atomic mass is 9.73. The number of carboxylic acid groups (broad SMARTS) is 1. The molecular formula is C13H23NO4. The average molecular weight is 257 g/mol. The summed E-state index contributed by atoms with van der Waals surface area (Å²) in [7, 11) is 3.27. The highest BCUT2D eigenvalue weighted by Crippen LogP contribution is 2.39. The molecule has 0 amide bonds. The molecule has 1 N–H and O–H groups in total. The van der Waals surface area contributed by atoms with Crippen molar-refractivity contribution in [2.75, 3.05) is 33.9 Å². The first-order valence-corrected chi connectivity index (χ1v) is 6.62. The van der Waals surface area contributed by atoms with E-state index in [2.05, 4.69) is 4.90 Å². The normalized spacial score (nSPS) is 26.6. The van der Waals surface area contributed by atoms with Crippen LogP contribution in [0.3, 0.4) is 0 Å². The Bertz CT molecular complexity index is 300. The Labute approximate surface area is 108 Å². The van der Waals surface area contributed by atoms with E-state index in [1.54, 1.807) is 14.2 Å². The van der Waals surface area contributed by atoms with Crippen LogP contribution in [0.4, 0.5) is 0 Å². The van der Waals surface area contributed by atoms with Gasteiger partial charge < -0.3 is 14.6 Å². The van der Waals surface area contributed by atoms with Crippen LogP contribution in [0, 0.1) is 5.41 Å². The number of hydrogen-bond acceptors (Lipinski definition) is 4. The Balaban J connectivity index is 1.94. The molecule has 1 saturated carbocycles. The summed E-state index contributed by atoms with van der Waals surface area (Å²) in [6.07, 6.45) is 4.81. The number of rotatable bonds is 5. The Kier molecular flexibility index (Phi) is 3.94. The molecule has 5 nitrogen and oxygen atoms in total. The molecule has 0 aromatic heterocycles. The van der Waals surface area contributed by atoms with Gasteiger partial charge in [-0.15, -0.1) is 0 Å². The molecule has 0 atom stereocenters. The first-order valence-electron chi connectivity index (χ1n) is 6.62. The van der Waals surface area contributed by atoms with Crippen molar-refractivity contribution in [2.45, 2.75) is 37.9 Å². The van der Waals surface area contributed by atoms with Gasteiger partial charge in [0, 0.05) is 20.8 Å². The lowest BCUT2D eigenvalue weighted by Gasteiger charge is -2.50. The number of hydrogen-bond donors (Lipinski definition) is 1. The summed E-state index contributed by atoms with van der Waals surface area (Å²) in [5.74, 6) is -1.16. The van der Waals surface area contributed by atoms with Crippen molar-refractivity contribution >= 4 is 5.97 Å². The number of carboxylic acids is 1. The third kappa shape index (κ3) is 2.39. The minimum Gasteiger partial charge on any atom is -0.481 e. The molecule has 2 rings (SSSR count). The van der Waals surface area contributed by atoms with Gasteiger partial charge >= 0.3 is 5.97 Å². The molecule has 18 heavy (non-hydrogen) atoms. The first-order chi connectivity index (χ1) is 8.56. The van der Waals surface area contributed by atoms with Gasteiger partial charge in [-0.25, -0.2) is 0 Å². The van der Waals surface area contributed by atoms with Crippen molar-refractivity contribution in [3.63, 3.8) is 0 Å². The smallest absolute Gasteiger partial charge is 0.310 e. The van der Waals surface area contributed by atoms with Gasteiger partial charge in [-0.3, -0.25) is 9.69 Å². The second kappa shape index (κ2) is 5.15. The molecular weight excluding hydrogens is 234 g/mol. The van der Waals surface area contributed by atoms with Crippen LogP contribution in [0.5, 0.6) is 0 Å². The largest absolute Gasteiger partial charge is 0.481 e. The number of ether oxygens (including phenoxy) is 2. The molecule has 5 heteroatoms. The van der Waals surface area contributed by atoms with Crippen molar-refractivity contribution in [1.82, 2.24) is 4.90 Å². The van der Waals surface area contributed by atoms with Crippen LogP contribution in [0.1, 0.15) is 32.1 Å². The summed E-state index contributed by atoms with van der Waals surface area (Å²) in [5.41, 5.74) is -0.550. The van der Waals surface area contributed by atoms with Crippen molar-refractivity contribution in [3.05, 3.63) is 0 Å². The van der Waals surface area contributed by atoms with E-state index >= 15 is 0 Å². The number of carbonyl (C=O) groups is 1. The van der Waals surface area contributed by atoms with E-state index in [1.165, 1.54) is 0 Å². The number of methoxy groups -OCH3 is 2. The molecule has 0 radical (unpaired) electrons. The summed E-state index contributed by atoms with van der Waals surface area (Å²) in [6.45, 7) is 1.95. The maximum absolute atomic E-state index is 11.6. The van der Waals surface area contributed by atoms with Gasteiger partial charge in [-0.05, 0) is 12.8 Å². The van der Waals surface area contributed by atoms with E-state index in [0.717, 1.165) is 32.1 Å². The SMILES string of the molecule is COC1(OC)CN(CC2(C(=O)O)CCCCC2)C1. The molecule has 104 valence electrons. The Morgan fingerprint density at radius 2 is 1.72 bits per heavy atom. The van der Waals surface area contributed by atoms with Gasteiger partial charge in [0.2, 0.25) is 0 Å². The fraction of sp³-hybridized carbons (Fsp3) is 0.923. The monoisotopic (exact) mass is 257 g/mol. The van der Waals surface area contributed by atoms with Gasteiger partial charge in [0.25, 0.3) is 0 Å². The van der Waals surface area contributed by atoms with Crippen LogP contribution in [-0.2, 0) is 14.3 Å². The third-order valence-corrected chi connectivity index (χ3v) is 4.46. The van der Waals surface area contributed by atoms with Crippen molar-refractivity contribution in [2.24, 2.45) is 5.41 Å². The zero-order chi connectivity index (χ0) is 13.2. The van der Waals surface area contributed by atoms with Crippen LogP contribution in [0.25, 0.3) is 0 Å². The van der Waals surface area contributed by atoms with Crippen molar-refractivity contribution in [1.29, 1.82) is 0 Å². The fourth-order valence-corrected chi connectivity index (χ4v) is 3.18. The molecule has 0 spiro atoms. The zero-order valence-corrected chi connectivity index (χ0v) is 11.3. The Hall–Kier alpha value is -0.650. The highest BCUT2D eigenvalue weighted by molar-refractivity contribution is 5.75. The third-order valence-electron chi connectivity index (χ3n) is 4.46. The van der Waals surface area contributed by atoms with E-state index in [0.29, 0.717) is 19.6 Å². The van der Waals surface area contributed by atoms with Crippen LogP contribution in [0.2, 0.25) is 0 Å². The topological polar surface area (TPSA) is 59.0 Å². The lowest BCUT2D eigenvalue weighted by Crippen LogP contribution is -2.66. The minimum atomic E-state index is -0.644. The number of aliphatic carboxylic acids is 1. The van der Waals surface area contributed by atoms with Gasteiger partial charge in [-0.2, -0.15) is 0 Å². The van der Waals surface area contributed by atoms with Crippen LogP contribution in [0.15, 0.2) is 0 Å². The molecule has 0 unspecified atom stereocenters. The van der Waals surface area contributed by atoms with E-state index < -0.39 is 17.2 Å². The second-order valence-corrected chi connectivity index (χ2v) is 5.61. The molecule has 0 bridgehead atoms. The van der Waals surface area contributed by atoms with Gasteiger partial charge in [-0.1, -0.05) is 19.3 Å². The minimum absolute atomic E-state index is 0.519. The van der Waals surface area contributed by atoms with E-state index in [4.69, 9.17) is 9.47 Å². The van der Waals surface area contributed by atoms with E-state index in [-0.39, 0.29) is 0 Å². The van der Waals surface area contributed by atoms with Crippen LogP contribution < -0.4 is 0 Å². The molecule has 2 aliphatic rings. The van der Waals surface area contributed by atoms with Crippen LogP contribution >= 0.6 is 0 Å². The molecule has 2 fully saturated rings. The van der Waals surface area contributed by atoms with Gasteiger partial charge in [0.15, 0.2) is 5.79 Å². The summed E-state index contributed by atoms with van der Waals surface area (Å²) in [5, 5.41) is 9.51. The van der Waals surface area contributed by atoms with Crippen molar-refractivity contribution < 1.29 is 19.4 Å². The molecule has 1 aliphatic carbocycles. The average Bonchev–Trinajstić information content (AvgIpc) is 2.34. The molecule has 1 aliphatic heterocycles. The summed E-state index contributed by atoms with van der Waals surface area (Å²) < 4.78 is 10.6. The Morgan fingerprint density at radius 1 is 1.17 bits per heavy atom. The quantitative estimate of drug-likeness (QED) is 0.753. The van der Waals surface area contributed by atoms with Crippen molar-refractivity contribution in [3.8, 4) is 0 Å². The number of likely N-dealkylation sites (tertiary alicyclic amines) is 1. The second-order valence-electron chi connectivity index (χ2n) is 5.61. The molecule has 0 aromatic rings. The maximum Gasteiger partial charge on any atom is 0.310 e. The first kappa shape index (κ1) is 13.8. The summed E-state index contributed by atoms with van der Waals surface area (Å²) >= 11 is 0. The fourth-order valence-electron chi connectivity index (χ4n) is 3.18. The highest BCUT2D eigenvalue weighted by atomic mass is 16.7. The highest BCUT2D eigenvalue weighted by Gasteiger charge is 2.49. The number of nitrogens with zero attached hydrogens (tertiary/aromatic N) is 1. The standard InChI is InChI=1S/C13H23NO4/c1-17-13(18-2)9-14(10-13)8-12(11(15)16)6-4-3-5-7-12/h3-10H2,1-2H3,(H,15,16). The summed E-state index contributed by atoms with van der Waals surface area (Å²) in [4.78, 5) is 13.7. The maximum atomic E-state index is 11.6.